The lowest BCUT2D eigenvalue weighted by atomic mass is 10.2. The first-order valence-electron chi connectivity index (χ1n) is 9.81. The van der Waals surface area contributed by atoms with Gasteiger partial charge in [0, 0.05) is 23.3 Å². The molecule has 0 unspecified atom stereocenters. The number of thioether (sulfide) groups is 1. The first kappa shape index (κ1) is 20.7. The predicted octanol–water partition coefficient (Wildman–Crippen LogP) is 4.15. The molecule has 0 radical (unpaired) electrons. The summed E-state index contributed by atoms with van der Waals surface area (Å²) in [5, 5.41) is 4.87. The lowest BCUT2D eigenvalue weighted by Gasteiger charge is -2.09. The fourth-order valence-corrected chi connectivity index (χ4v) is 4.11. The summed E-state index contributed by atoms with van der Waals surface area (Å²) in [5.74, 6) is 1.08. The number of rotatable bonds is 6. The van der Waals surface area contributed by atoms with E-state index in [0.717, 1.165) is 22.5 Å². The molecule has 0 amide bonds. The molecular formula is C23H22N6OS. The molecular weight excluding hydrogens is 408 g/mol. The summed E-state index contributed by atoms with van der Waals surface area (Å²) in [4.78, 5) is 26.6. The first-order valence-corrected chi connectivity index (χ1v) is 10.8. The van der Waals surface area contributed by atoms with Crippen molar-refractivity contribution in [2.45, 2.75) is 31.6 Å². The Balaban J connectivity index is 1.70. The van der Waals surface area contributed by atoms with Crippen LogP contribution in [-0.2, 0) is 5.75 Å². The van der Waals surface area contributed by atoms with Crippen LogP contribution in [0.1, 0.15) is 28.1 Å². The van der Waals surface area contributed by atoms with Crippen molar-refractivity contribution in [3.63, 3.8) is 0 Å². The van der Waals surface area contributed by atoms with Gasteiger partial charge in [0.05, 0.1) is 11.8 Å². The van der Waals surface area contributed by atoms with E-state index in [1.807, 2.05) is 57.2 Å². The van der Waals surface area contributed by atoms with E-state index >= 15 is 0 Å². The number of anilines is 1. The number of nitrogens with zero attached hydrogens (tertiary/aromatic N) is 5. The molecule has 1 aromatic carbocycles. The number of fused-ring (bicyclic) bond motifs is 1. The molecule has 0 aliphatic heterocycles. The normalized spacial score (nSPS) is 11.3. The van der Waals surface area contributed by atoms with Crippen molar-refractivity contribution in [1.82, 2.24) is 19.4 Å². The van der Waals surface area contributed by atoms with Crippen molar-refractivity contribution >= 4 is 29.6 Å². The van der Waals surface area contributed by atoms with Crippen LogP contribution in [0.3, 0.4) is 0 Å². The lowest BCUT2D eigenvalue weighted by Crippen LogP contribution is -2.21. The van der Waals surface area contributed by atoms with Gasteiger partial charge in [-0.15, -0.1) is 11.8 Å². The Morgan fingerprint density at radius 2 is 1.77 bits per heavy atom. The molecule has 0 fully saturated rings. The summed E-state index contributed by atoms with van der Waals surface area (Å²) >= 11 is 1.51. The number of hydrazone groups is 1. The Bertz CT molecular complexity index is 1300. The van der Waals surface area contributed by atoms with E-state index in [2.05, 4.69) is 32.6 Å². The molecule has 0 aliphatic rings. The topological polar surface area (TPSA) is 84.5 Å². The fraction of sp³-hybridized carbons (Fsp3) is 0.174. The summed E-state index contributed by atoms with van der Waals surface area (Å²) in [6, 6.07) is 15.8. The van der Waals surface area contributed by atoms with Crippen LogP contribution in [-0.4, -0.2) is 25.6 Å². The smallest absolute Gasteiger partial charge is 0.267 e. The van der Waals surface area contributed by atoms with Crippen molar-refractivity contribution in [2.24, 2.45) is 5.10 Å². The van der Waals surface area contributed by atoms with Crippen molar-refractivity contribution in [3.05, 3.63) is 93.2 Å². The first-order chi connectivity index (χ1) is 15.0. The minimum Gasteiger partial charge on any atom is -0.268 e. The van der Waals surface area contributed by atoms with Crippen LogP contribution in [0.5, 0.6) is 0 Å². The van der Waals surface area contributed by atoms with Crippen molar-refractivity contribution in [1.29, 1.82) is 0 Å². The van der Waals surface area contributed by atoms with Crippen molar-refractivity contribution in [3.8, 4) is 0 Å². The van der Waals surface area contributed by atoms with Crippen molar-refractivity contribution in [2.75, 3.05) is 5.43 Å². The number of aromatic nitrogens is 4. The molecule has 0 saturated heterocycles. The summed E-state index contributed by atoms with van der Waals surface area (Å²) in [5.41, 5.74) is 7.49. The van der Waals surface area contributed by atoms with E-state index in [0.29, 0.717) is 27.9 Å². The lowest BCUT2D eigenvalue weighted by molar-refractivity contribution is 0.966. The quantitative estimate of drug-likeness (QED) is 0.214. The Kier molecular flexibility index (Phi) is 6.08. The highest BCUT2D eigenvalue weighted by molar-refractivity contribution is 7.98. The number of hydrogen-bond acceptors (Lipinski definition) is 7. The highest BCUT2D eigenvalue weighted by Gasteiger charge is 2.13. The molecule has 3 aromatic heterocycles. The monoisotopic (exact) mass is 430 g/mol. The van der Waals surface area contributed by atoms with Gasteiger partial charge in [0.2, 0.25) is 5.95 Å². The molecule has 156 valence electrons. The van der Waals surface area contributed by atoms with E-state index in [9.17, 15) is 4.79 Å². The van der Waals surface area contributed by atoms with Gasteiger partial charge < -0.3 is 0 Å². The maximum Gasteiger partial charge on any atom is 0.267 e. The number of aryl methyl sites for hydroxylation is 3. The van der Waals surface area contributed by atoms with Gasteiger partial charge >= 0.3 is 0 Å². The highest BCUT2D eigenvalue weighted by atomic mass is 32.2. The van der Waals surface area contributed by atoms with E-state index in [4.69, 9.17) is 4.98 Å². The summed E-state index contributed by atoms with van der Waals surface area (Å²) in [6.45, 7) is 5.73. The van der Waals surface area contributed by atoms with Gasteiger partial charge in [-0.25, -0.2) is 20.4 Å². The second kappa shape index (κ2) is 9.09. The molecule has 8 heteroatoms. The van der Waals surface area contributed by atoms with Gasteiger partial charge in [0.15, 0.2) is 0 Å². The zero-order valence-corrected chi connectivity index (χ0v) is 18.3. The number of benzene rings is 1. The van der Waals surface area contributed by atoms with Gasteiger partial charge in [0.1, 0.15) is 10.7 Å². The third-order valence-electron chi connectivity index (χ3n) is 4.61. The standard InChI is InChI=1S/C23H22N6OS/c1-15-8-7-11-29-20(15)27-21(31-14-18-9-5-4-6-10-18)19(22(29)30)13-24-28-23-25-16(2)12-17(3)26-23/h4-13H,14H2,1-3H3,(H,25,26,28)/b24-13+. The molecule has 7 nitrogen and oxygen atoms in total. The van der Waals surface area contributed by atoms with E-state index in [1.165, 1.54) is 18.0 Å². The van der Waals surface area contributed by atoms with Gasteiger partial charge in [-0.05, 0) is 44.0 Å². The number of pyridine rings is 1. The Hall–Kier alpha value is -3.52. The number of nitrogens with one attached hydrogen (secondary N) is 1. The van der Waals surface area contributed by atoms with Crippen LogP contribution >= 0.6 is 11.8 Å². The summed E-state index contributed by atoms with van der Waals surface area (Å²) in [6.07, 6.45) is 3.22. The molecule has 1 N–H and O–H groups in total. The van der Waals surface area contributed by atoms with Gasteiger partial charge in [-0.3, -0.25) is 9.20 Å². The minimum atomic E-state index is -0.170. The van der Waals surface area contributed by atoms with Crippen LogP contribution in [0.15, 0.2) is 69.6 Å². The van der Waals surface area contributed by atoms with Gasteiger partial charge in [0.25, 0.3) is 5.56 Å². The highest BCUT2D eigenvalue weighted by Crippen LogP contribution is 2.23. The van der Waals surface area contributed by atoms with Crippen LogP contribution in [0.2, 0.25) is 0 Å². The number of hydrogen-bond donors (Lipinski definition) is 1. The van der Waals surface area contributed by atoms with Gasteiger partial charge in [-0.1, -0.05) is 36.4 Å². The molecule has 0 bridgehead atoms. The maximum absolute atomic E-state index is 13.2. The zero-order valence-electron chi connectivity index (χ0n) is 17.5. The second-order valence-corrected chi connectivity index (χ2v) is 8.10. The van der Waals surface area contributed by atoms with Gasteiger partial charge in [-0.2, -0.15) is 5.10 Å². The third-order valence-corrected chi connectivity index (χ3v) is 5.67. The molecule has 3 heterocycles. The Morgan fingerprint density at radius 3 is 2.52 bits per heavy atom. The zero-order chi connectivity index (χ0) is 21.8. The van der Waals surface area contributed by atoms with Crippen LogP contribution < -0.4 is 11.0 Å². The Morgan fingerprint density at radius 1 is 1.03 bits per heavy atom. The third kappa shape index (κ3) is 4.80. The average molecular weight is 431 g/mol. The molecule has 0 atom stereocenters. The Labute approximate surface area is 184 Å². The van der Waals surface area contributed by atoms with Crippen LogP contribution in [0, 0.1) is 20.8 Å². The van der Waals surface area contributed by atoms with Crippen LogP contribution in [0.25, 0.3) is 5.65 Å². The molecule has 0 spiro atoms. The maximum atomic E-state index is 13.2. The SMILES string of the molecule is Cc1cc(C)nc(N/N=C/c2c(SCc3ccccc3)nc3c(C)cccn3c2=O)n1. The average Bonchev–Trinajstić information content (AvgIpc) is 2.75. The van der Waals surface area contributed by atoms with E-state index < -0.39 is 0 Å². The van der Waals surface area contributed by atoms with Crippen molar-refractivity contribution < 1.29 is 0 Å². The molecule has 0 aliphatic carbocycles. The summed E-state index contributed by atoms with van der Waals surface area (Å²) in [7, 11) is 0. The predicted molar refractivity (Wildman–Crippen MR) is 125 cm³/mol. The fourth-order valence-electron chi connectivity index (χ4n) is 3.17. The minimum absolute atomic E-state index is 0.170. The van der Waals surface area contributed by atoms with E-state index in [1.54, 1.807) is 10.6 Å². The largest absolute Gasteiger partial charge is 0.268 e. The second-order valence-electron chi connectivity index (χ2n) is 7.14. The summed E-state index contributed by atoms with van der Waals surface area (Å²) < 4.78 is 1.55. The molecule has 4 aromatic rings. The van der Waals surface area contributed by atoms with Crippen LogP contribution in [0.4, 0.5) is 5.95 Å². The molecule has 4 rings (SSSR count). The van der Waals surface area contributed by atoms with E-state index in [-0.39, 0.29) is 5.56 Å². The molecule has 0 saturated carbocycles. The molecule has 31 heavy (non-hydrogen) atoms.